The number of hydrogen-bond acceptors (Lipinski definition) is 2. The van der Waals surface area contributed by atoms with E-state index in [-0.39, 0.29) is 0 Å². The summed E-state index contributed by atoms with van der Waals surface area (Å²) in [6, 6.07) is 4.12. The van der Waals surface area contributed by atoms with Crippen LogP contribution in [0.3, 0.4) is 0 Å². The number of aromatic nitrogens is 3. The van der Waals surface area contributed by atoms with Gasteiger partial charge in [0.2, 0.25) is 0 Å². The Morgan fingerprint density at radius 1 is 1.18 bits per heavy atom. The molecular weight excluding hydrogens is 346 g/mol. The molecular formula is C12H13Br2N3. The molecule has 0 N–H and O–H groups in total. The van der Waals surface area contributed by atoms with E-state index < -0.39 is 0 Å². The molecule has 2 rings (SSSR count). The maximum Gasteiger partial charge on any atom is 0.167 e. The second-order valence-electron chi connectivity index (χ2n) is 3.70. The van der Waals surface area contributed by atoms with Crippen molar-refractivity contribution in [1.82, 2.24) is 14.8 Å². The highest BCUT2D eigenvalue weighted by Crippen LogP contribution is 2.24. The molecule has 2 aromatic heterocycles. The van der Waals surface area contributed by atoms with Gasteiger partial charge < -0.3 is 0 Å². The van der Waals surface area contributed by atoms with Gasteiger partial charge in [-0.25, -0.2) is 9.67 Å². The summed E-state index contributed by atoms with van der Waals surface area (Å²) in [6.45, 7) is 4.23. The molecule has 0 fully saturated rings. The molecule has 0 unspecified atom stereocenters. The summed E-state index contributed by atoms with van der Waals surface area (Å²) in [6.07, 6.45) is 3.66. The van der Waals surface area contributed by atoms with Gasteiger partial charge in [0.1, 0.15) is 0 Å². The number of pyridine rings is 1. The predicted molar refractivity (Wildman–Crippen MR) is 75.5 cm³/mol. The fourth-order valence-corrected chi connectivity index (χ4v) is 2.80. The van der Waals surface area contributed by atoms with Crippen LogP contribution in [0.5, 0.6) is 0 Å². The zero-order valence-electron chi connectivity index (χ0n) is 9.74. The van der Waals surface area contributed by atoms with Gasteiger partial charge in [-0.15, -0.1) is 0 Å². The monoisotopic (exact) mass is 357 g/mol. The first kappa shape index (κ1) is 12.8. The Bertz CT molecular complexity index is 535. The molecule has 0 radical (unpaired) electrons. The van der Waals surface area contributed by atoms with Crippen molar-refractivity contribution in [2.45, 2.75) is 26.7 Å². The van der Waals surface area contributed by atoms with Crippen LogP contribution in [-0.4, -0.2) is 14.8 Å². The number of nitrogens with zero attached hydrogens (tertiary/aromatic N) is 3. The quantitative estimate of drug-likeness (QED) is 0.832. The Hall–Kier alpha value is -0.680. The van der Waals surface area contributed by atoms with Crippen LogP contribution in [0.15, 0.2) is 27.3 Å². The van der Waals surface area contributed by atoms with Gasteiger partial charge in [-0.05, 0) is 56.8 Å². The zero-order chi connectivity index (χ0) is 12.4. The maximum atomic E-state index is 4.57. The van der Waals surface area contributed by atoms with Gasteiger partial charge in [-0.1, -0.05) is 13.8 Å². The second-order valence-corrected chi connectivity index (χ2v) is 5.47. The molecule has 2 aromatic rings. The summed E-state index contributed by atoms with van der Waals surface area (Å²) in [4.78, 5) is 4.41. The minimum Gasteiger partial charge on any atom is -0.235 e. The molecule has 5 heteroatoms. The SMILES string of the molecule is CCc1cc(CC)n(-c2ncc(Br)cc2Br)n1. The molecule has 0 spiro atoms. The first-order valence-electron chi connectivity index (χ1n) is 5.55. The number of aryl methyl sites for hydroxylation is 2. The van der Waals surface area contributed by atoms with E-state index in [1.54, 1.807) is 6.20 Å². The minimum atomic E-state index is 0.838. The number of halogens is 2. The third-order valence-corrected chi connectivity index (χ3v) is 3.56. The van der Waals surface area contributed by atoms with E-state index in [0.717, 1.165) is 33.3 Å². The Morgan fingerprint density at radius 3 is 2.53 bits per heavy atom. The van der Waals surface area contributed by atoms with Gasteiger partial charge in [0.25, 0.3) is 0 Å². The molecule has 0 aliphatic heterocycles. The van der Waals surface area contributed by atoms with Crippen LogP contribution in [0.2, 0.25) is 0 Å². The van der Waals surface area contributed by atoms with E-state index in [9.17, 15) is 0 Å². The van der Waals surface area contributed by atoms with Crippen LogP contribution in [0.25, 0.3) is 5.82 Å². The second kappa shape index (κ2) is 5.31. The van der Waals surface area contributed by atoms with Crippen LogP contribution >= 0.6 is 31.9 Å². The van der Waals surface area contributed by atoms with Gasteiger partial charge in [0, 0.05) is 16.4 Å². The Balaban J connectivity index is 2.55. The van der Waals surface area contributed by atoms with Crippen LogP contribution in [-0.2, 0) is 12.8 Å². The number of rotatable bonds is 3. The largest absolute Gasteiger partial charge is 0.235 e. The Labute approximate surface area is 118 Å². The van der Waals surface area contributed by atoms with E-state index in [4.69, 9.17) is 0 Å². The van der Waals surface area contributed by atoms with Gasteiger partial charge in [-0.3, -0.25) is 0 Å². The Morgan fingerprint density at radius 2 is 1.94 bits per heavy atom. The molecule has 3 nitrogen and oxygen atoms in total. The third-order valence-electron chi connectivity index (χ3n) is 2.55. The van der Waals surface area contributed by atoms with Gasteiger partial charge in [0.05, 0.1) is 10.2 Å². The molecule has 0 aliphatic carbocycles. The molecule has 90 valence electrons. The average molecular weight is 359 g/mol. The minimum absolute atomic E-state index is 0.838. The maximum absolute atomic E-state index is 4.57. The van der Waals surface area contributed by atoms with Crippen LogP contribution in [0.1, 0.15) is 25.2 Å². The summed E-state index contributed by atoms with van der Waals surface area (Å²) >= 11 is 6.93. The van der Waals surface area contributed by atoms with Crippen molar-refractivity contribution in [2.24, 2.45) is 0 Å². The van der Waals surface area contributed by atoms with Crippen molar-refractivity contribution < 1.29 is 0 Å². The molecule has 0 aromatic carbocycles. The van der Waals surface area contributed by atoms with Crippen LogP contribution < -0.4 is 0 Å². The van der Waals surface area contributed by atoms with E-state index in [1.807, 2.05) is 10.7 Å². The van der Waals surface area contributed by atoms with E-state index in [0.29, 0.717) is 0 Å². The third kappa shape index (κ3) is 2.60. The molecule has 0 atom stereocenters. The Kier molecular flexibility index (Phi) is 3.99. The predicted octanol–water partition coefficient (Wildman–Crippen LogP) is 3.92. The lowest BCUT2D eigenvalue weighted by molar-refractivity contribution is 0.768. The fraction of sp³-hybridized carbons (Fsp3) is 0.333. The zero-order valence-corrected chi connectivity index (χ0v) is 12.9. The van der Waals surface area contributed by atoms with Crippen molar-refractivity contribution in [3.63, 3.8) is 0 Å². The summed E-state index contributed by atoms with van der Waals surface area (Å²) in [7, 11) is 0. The van der Waals surface area contributed by atoms with Crippen molar-refractivity contribution in [2.75, 3.05) is 0 Å². The first-order valence-corrected chi connectivity index (χ1v) is 7.13. The molecule has 0 aliphatic rings. The van der Waals surface area contributed by atoms with Gasteiger partial charge in [0.15, 0.2) is 5.82 Å². The number of hydrogen-bond donors (Lipinski definition) is 0. The highest BCUT2D eigenvalue weighted by atomic mass is 79.9. The summed E-state index contributed by atoms with van der Waals surface area (Å²) in [5.41, 5.74) is 2.27. The standard InChI is InChI=1S/C12H13Br2N3/c1-3-9-6-10(4-2)17(16-9)12-11(14)5-8(13)7-15-12/h5-7H,3-4H2,1-2H3. The first-order chi connectivity index (χ1) is 8.15. The molecule has 0 amide bonds. The van der Waals surface area contributed by atoms with Crippen LogP contribution in [0, 0.1) is 0 Å². The topological polar surface area (TPSA) is 30.7 Å². The summed E-state index contributed by atoms with van der Waals surface area (Å²) < 4.78 is 3.80. The summed E-state index contributed by atoms with van der Waals surface area (Å²) in [5, 5.41) is 4.57. The highest BCUT2D eigenvalue weighted by molar-refractivity contribution is 9.11. The van der Waals surface area contributed by atoms with E-state index in [1.165, 1.54) is 5.69 Å². The smallest absolute Gasteiger partial charge is 0.167 e. The molecule has 17 heavy (non-hydrogen) atoms. The van der Waals surface area contributed by atoms with E-state index in [2.05, 4.69) is 61.9 Å². The molecule has 2 heterocycles. The fourth-order valence-electron chi connectivity index (χ4n) is 1.65. The van der Waals surface area contributed by atoms with Crippen LogP contribution in [0.4, 0.5) is 0 Å². The lowest BCUT2D eigenvalue weighted by Gasteiger charge is -2.07. The van der Waals surface area contributed by atoms with E-state index >= 15 is 0 Å². The van der Waals surface area contributed by atoms with Crippen molar-refractivity contribution >= 4 is 31.9 Å². The molecule has 0 saturated heterocycles. The lowest BCUT2D eigenvalue weighted by Crippen LogP contribution is -2.04. The lowest BCUT2D eigenvalue weighted by atomic mass is 10.2. The van der Waals surface area contributed by atoms with Crippen molar-refractivity contribution in [3.05, 3.63) is 38.7 Å². The van der Waals surface area contributed by atoms with Crippen molar-refractivity contribution in [1.29, 1.82) is 0 Å². The average Bonchev–Trinajstić information content (AvgIpc) is 2.72. The van der Waals surface area contributed by atoms with Gasteiger partial charge >= 0.3 is 0 Å². The summed E-state index contributed by atoms with van der Waals surface area (Å²) in [5.74, 6) is 0.838. The van der Waals surface area contributed by atoms with Crippen molar-refractivity contribution in [3.8, 4) is 5.82 Å². The molecule has 0 saturated carbocycles. The molecule has 0 bridgehead atoms. The highest BCUT2D eigenvalue weighted by Gasteiger charge is 2.11. The normalized spacial score (nSPS) is 10.8. The van der Waals surface area contributed by atoms with Gasteiger partial charge in [-0.2, -0.15) is 5.10 Å².